The second-order valence-corrected chi connectivity index (χ2v) is 6.34. The van der Waals surface area contributed by atoms with Crippen LogP contribution in [-0.4, -0.2) is 12.9 Å². The largest absolute Gasteiger partial charge is 0.497 e. The van der Waals surface area contributed by atoms with Crippen molar-refractivity contribution < 1.29 is 14.3 Å². The van der Waals surface area contributed by atoms with E-state index in [9.17, 15) is 4.79 Å². The van der Waals surface area contributed by atoms with Crippen molar-refractivity contribution in [1.29, 1.82) is 0 Å². The van der Waals surface area contributed by atoms with Crippen LogP contribution in [0.15, 0.2) is 72.0 Å². The van der Waals surface area contributed by atoms with Crippen LogP contribution >= 0.6 is 0 Å². The minimum Gasteiger partial charge on any atom is -0.497 e. The molecule has 0 fully saturated rings. The van der Waals surface area contributed by atoms with Gasteiger partial charge in [0.15, 0.2) is 5.78 Å². The summed E-state index contributed by atoms with van der Waals surface area (Å²) in [7, 11) is 1.64. The molecule has 0 N–H and O–H groups in total. The van der Waals surface area contributed by atoms with Crippen molar-refractivity contribution in [2.75, 3.05) is 7.11 Å². The molecule has 3 heteroatoms. The number of aryl methyl sites for hydroxylation is 1. The van der Waals surface area contributed by atoms with E-state index in [1.807, 2.05) is 67.6 Å². The SMILES string of the molecule is COc1ccc(OC2=CC=C(C(=O)c3ccc(C)cc3)CC2C)cc1. The molecule has 0 bridgehead atoms. The minimum atomic E-state index is 0.0894. The van der Waals surface area contributed by atoms with Gasteiger partial charge in [-0.1, -0.05) is 42.8 Å². The monoisotopic (exact) mass is 334 g/mol. The van der Waals surface area contributed by atoms with Crippen LogP contribution < -0.4 is 9.47 Å². The topological polar surface area (TPSA) is 35.5 Å². The Bertz CT molecular complexity index is 811. The van der Waals surface area contributed by atoms with Crippen molar-refractivity contribution in [3.63, 3.8) is 0 Å². The van der Waals surface area contributed by atoms with Crippen LogP contribution in [-0.2, 0) is 0 Å². The highest BCUT2D eigenvalue weighted by Gasteiger charge is 2.22. The highest BCUT2D eigenvalue weighted by atomic mass is 16.5. The lowest BCUT2D eigenvalue weighted by Gasteiger charge is -2.21. The molecule has 1 atom stereocenters. The third kappa shape index (κ3) is 4.00. The first-order valence-corrected chi connectivity index (χ1v) is 8.41. The Morgan fingerprint density at radius 3 is 2.20 bits per heavy atom. The zero-order chi connectivity index (χ0) is 17.8. The second-order valence-electron chi connectivity index (χ2n) is 6.34. The normalized spacial score (nSPS) is 16.7. The van der Waals surface area contributed by atoms with E-state index in [-0.39, 0.29) is 11.7 Å². The molecular weight excluding hydrogens is 312 g/mol. The molecular formula is C22H22O3. The van der Waals surface area contributed by atoms with Gasteiger partial charge in [0.05, 0.1) is 7.11 Å². The Kier molecular flexibility index (Phi) is 5.03. The number of hydrogen-bond acceptors (Lipinski definition) is 3. The lowest BCUT2D eigenvalue weighted by Crippen LogP contribution is -2.15. The van der Waals surface area contributed by atoms with Crippen LogP contribution in [0.1, 0.15) is 29.3 Å². The average Bonchev–Trinajstić information content (AvgIpc) is 2.64. The maximum atomic E-state index is 12.6. The molecule has 3 rings (SSSR count). The molecule has 1 aliphatic carbocycles. The summed E-state index contributed by atoms with van der Waals surface area (Å²) in [5.74, 6) is 2.67. The van der Waals surface area contributed by atoms with Gasteiger partial charge in [-0.3, -0.25) is 4.79 Å². The smallest absolute Gasteiger partial charge is 0.189 e. The first-order valence-electron chi connectivity index (χ1n) is 8.41. The molecule has 0 amide bonds. The molecule has 2 aromatic carbocycles. The number of benzene rings is 2. The molecule has 2 aromatic rings. The number of rotatable bonds is 5. The van der Waals surface area contributed by atoms with E-state index in [0.717, 1.165) is 34.0 Å². The van der Waals surface area contributed by atoms with Gasteiger partial charge in [-0.05, 0) is 43.7 Å². The third-order valence-electron chi connectivity index (χ3n) is 4.36. The summed E-state index contributed by atoms with van der Waals surface area (Å²) in [5, 5.41) is 0. The molecule has 0 saturated carbocycles. The Balaban J connectivity index is 1.75. The number of ether oxygens (including phenoxy) is 2. The fraction of sp³-hybridized carbons (Fsp3) is 0.227. The number of ketones is 1. The Hall–Kier alpha value is -2.81. The minimum absolute atomic E-state index is 0.0894. The van der Waals surface area contributed by atoms with Gasteiger partial charge in [0.25, 0.3) is 0 Å². The van der Waals surface area contributed by atoms with Gasteiger partial charge in [0, 0.05) is 17.1 Å². The Morgan fingerprint density at radius 1 is 0.960 bits per heavy atom. The number of carbonyl (C=O) groups excluding carboxylic acids is 1. The summed E-state index contributed by atoms with van der Waals surface area (Å²) in [6.07, 6.45) is 4.45. The number of Topliss-reactive ketones (excluding diaryl/α,β-unsaturated/α-hetero) is 1. The van der Waals surface area contributed by atoms with Crippen LogP contribution in [0.2, 0.25) is 0 Å². The number of hydrogen-bond donors (Lipinski definition) is 0. The van der Waals surface area contributed by atoms with Crippen LogP contribution in [0.25, 0.3) is 0 Å². The molecule has 1 unspecified atom stereocenters. The lowest BCUT2D eigenvalue weighted by atomic mass is 9.89. The molecule has 0 heterocycles. The number of carbonyl (C=O) groups is 1. The lowest BCUT2D eigenvalue weighted by molar-refractivity contribution is 0.102. The predicted octanol–water partition coefficient (Wildman–Crippen LogP) is 5.12. The van der Waals surface area contributed by atoms with Gasteiger partial charge >= 0.3 is 0 Å². The van der Waals surface area contributed by atoms with E-state index in [1.165, 1.54) is 0 Å². The first kappa shape index (κ1) is 17.0. The van der Waals surface area contributed by atoms with E-state index < -0.39 is 0 Å². The van der Waals surface area contributed by atoms with Gasteiger partial charge in [-0.2, -0.15) is 0 Å². The molecule has 128 valence electrons. The van der Waals surface area contributed by atoms with E-state index in [1.54, 1.807) is 7.11 Å². The fourth-order valence-electron chi connectivity index (χ4n) is 2.82. The Labute approximate surface area is 148 Å². The summed E-state index contributed by atoms with van der Waals surface area (Å²) in [6, 6.07) is 15.2. The number of methoxy groups -OCH3 is 1. The van der Waals surface area contributed by atoms with Gasteiger partial charge in [0.1, 0.15) is 17.3 Å². The van der Waals surface area contributed by atoms with Crippen LogP contribution in [0.4, 0.5) is 0 Å². The van der Waals surface area contributed by atoms with Crippen LogP contribution in [0.5, 0.6) is 11.5 Å². The van der Waals surface area contributed by atoms with E-state index >= 15 is 0 Å². The summed E-state index contributed by atoms with van der Waals surface area (Å²) in [6.45, 7) is 4.09. The van der Waals surface area contributed by atoms with E-state index in [4.69, 9.17) is 9.47 Å². The first-order chi connectivity index (χ1) is 12.1. The molecule has 25 heavy (non-hydrogen) atoms. The van der Waals surface area contributed by atoms with Crippen molar-refractivity contribution in [3.8, 4) is 11.5 Å². The van der Waals surface area contributed by atoms with Gasteiger partial charge in [-0.25, -0.2) is 0 Å². The molecule has 0 aromatic heterocycles. The zero-order valence-electron chi connectivity index (χ0n) is 14.8. The third-order valence-corrected chi connectivity index (χ3v) is 4.36. The molecule has 0 spiro atoms. The van der Waals surface area contributed by atoms with Crippen molar-refractivity contribution in [2.45, 2.75) is 20.3 Å². The van der Waals surface area contributed by atoms with E-state index in [2.05, 4.69) is 6.92 Å². The summed E-state index contributed by atoms with van der Waals surface area (Å²) in [5.41, 5.74) is 2.70. The Morgan fingerprint density at radius 2 is 1.60 bits per heavy atom. The standard InChI is InChI=1S/C22H22O3/c1-15-4-6-17(7-5-15)22(23)18-8-13-21(16(2)14-18)25-20-11-9-19(24-3)10-12-20/h4-13,16H,14H2,1-3H3. The zero-order valence-corrected chi connectivity index (χ0v) is 14.8. The van der Waals surface area contributed by atoms with E-state index in [0.29, 0.717) is 6.42 Å². The summed E-state index contributed by atoms with van der Waals surface area (Å²) >= 11 is 0. The van der Waals surface area contributed by atoms with Crippen molar-refractivity contribution in [3.05, 3.63) is 83.1 Å². The maximum absolute atomic E-state index is 12.6. The van der Waals surface area contributed by atoms with Crippen LogP contribution in [0.3, 0.4) is 0 Å². The molecule has 1 aliphatic rings. The highest BCUT2D eigenvalue weighted by Crippen LogP contribution is 2.30. The van der Waals surface area contributed by atoms with Crippen molar-refractivity contribution in [1.82, 2.24) is 0 Å². The highest BCUT2D eigenvalue weighted by molar-refractivity contribution is 6.09. The van der Waals surface area contributed by atoms with Gasteiger partial charge < -0.3 is 9.47 Å². The van der Waals surface area contributed by atoms with Gasteiger partial charge in [0.2, 0.25) is 0 Å². The summed E-state index contributed by atoms with van der Waals surface area (Å²) < 4.78 is 11.1. The van der Waals surface area contributed by atoms with Gasteiger partial charge in [-0.15, -0.1) is 0 Å². The predicted molar refractivity (Wildman–Crippen MR) is 99.1 cm³/mol. The number of allylic oxidation sites excluding steroid dienone is 4. The molecule has 3 nitrogen and oxygen atoms in total. The average molecular weight is 334 g/mol. The molecule has 0 radical (unpaired) electrons. The quantitative estimate of drug-likeness (QED) is 0.712. The van der Waals surface area contributed by atoms with Crippen molar-refractivity contribution in [2.24, 2.45) is 5.92 Å². The second kappa shape index (κ2) is 7.39. The van der Waals surface area contributed by atoms with Crippen LogP contribution in [0, 0.1) is 12.8 Å². The molecule has 0 aliphatic heterocycles. The van der Waals surface area contributed by atoms with Crippen molar-refractivity contribution >= 4 is 5.78 Å². The fourth-order valence-corrected chi connectivity index (χ4v) is 2.82. The molecule has 0 saturated heterocycles. The summed E-state index contributed by atoms with van der Waals surface area (Å²) in [4.78, 5) is 12.6. The maximum Gasteiger partial charge on any atom is 0.189 e.